The molecule has 1 aliphatic carbocycles. The van der Waals surface area contributed by atoms with Gasteiger partial charge in [0.05, 0.1) is 5.56 Å². The highest BCUT2D eigenvalue weighted by molar-refractivity contribution is 5.81. The molecule has 148 valence electrons. The zero-order valence-electron chi connectivity index (χ0n) is 15.0. The van der Waals surface area contributed by atoms with Crippen LogP contribution in [0.25, 0.3) is 0 Å². The number of hydrogen-bond donors (Lipinski definition) is 1. The van der Waals surface area contributed by atoms with Crippen molar-refractivity contribution in [2.24, 2.45) is 0 Å². The van der Waals surface area contributed by atoms with Gasteiger partial charge in [-0.3, -0.25) is 4.79 Å². The van der Waals surface area contributed by atoms with E-state index in [-0.39, 0.29) is 30.8 Å². The van der Waals surface area contributed by atoms with Crippen molar-refractivity contribution < 1.29 is 27.5 Å². The normalized spacial score (nSPS) is 19.9. The van der Waals surface area contributed by atoms with Crippen LogP contribution in [0, 0.1) is 0 Å². The van der Waals surface area contributed by atoms with Crippen LogP contribution in [0.1, 0.15) is 41.9 Å². The monoisotopic (exact) mass is 391 g/mol. The van der Waals surface area contributed by atoms with E-state index in [9.17, 15) is 22.8 Å². The van der Waals surface area contributed by atoms with E-state index in [2.05, 4.69) is 5.32 Å². The van der Waals surface area contributed by atoms with Crippen molar-refractivity contribution in [2.45, 2.75) is 44.0 Å². The Morgan fingerprint density at radius 1 is 1.07 bits per heavy atom. The molecule has 0 bridgehead atoms. The zero-order chi connectivity index (χ0) is 20.1. The first-order chi connectivity index (χ1) is 13.3. The molecule has 7 heteroatoms. The lowest BCUT2D eigenvalue weighted by Gasteiger charge is -2.31. The van der Waals surface area contributed by atoms with E-state index < -0.39 is 17.8 Å². The Morgan fingerprint density at radius 2 is 1.75 bits per heavy atom. The molecule has 2 atom stereocenters. The Bertz CT molecular complexity index is 819. The second-order valence-electron chi connectivity index (χ2n) is 6.82. The zero-order valence-corrected chi connectivity index (χ0v) is 15.0. The van der Waals surface area contributed by atoms with Crippen LogP contribution in [0.3, 0.4) is 0 Å². The van der Waals surface area contributed by atoms with E-state index in [0.29, 0.717) is 18.4 Å². The molecule has 0 spiro atoms. The number of nitrogens with one attached hydrogen (secondary N) is 1. The molecule has 0 saturated heterocycles. The van der Waals surface area contributed by atoms with Gasteiger partial charge in [0.2, 0.25) is 0 Å². The van der Waals surface area contributed by atoms with Crippen LogP contribution in [0.15, 0.2) is 54.6 Å². The Morgan fingerprint density at radius 3 is 2.39 bits per heavy atom. The van der Waals surface area contributed by atoms with Gasteiger partial charge in [0.25, 0.3) is 0 Å². The van der Waals surface area contributed by atoms with E-state index >= 15 is 0 Å². The van der Waals surface area contributed by atoms with E-state index in [4.69, 9.17) is 4.74 Å². The molecule has 0 aliphatic heterocycles. The maximum Gasteiger partial charge on any atom is 0.416 e. The maximum absolute atomic E-state index is 12.8. The number of benzene rings is 2. The lowest BCUT2D eigenvalue weighted by Crippen LogP contribution is -2.43. The number of halogens is 3. The van der Waals surface area contributed by atoms with Gasteiger partial charge >= 0.3 is 12.3 Å². The highest BCUT2D eigenvalue weighted by atomic mass is 19.4. The Balaban J connectivity index is 1.66. The lowest BCUT2D eigenvalue weighted by molar-refractivity contribution is -0.137. The van der Waals surface area contributed by atoms with Gasteiger partial charge in [-0.2, -0.15) is 13.2 Å². The van der Waals surface area contributed by atoms with Gasteiger partial charge in [-0.15, -0.1) is 0 Å². The van der Waals surface area contributed by atoms with E-state index in [1.165, 1.54) is 12.1 Å². The Kier molecular flexibility index (Phi) is 6.02. The SMILES string of the molecule is O=C1CC[C@@H](NC(=O)OCc2ccccc2)[C@H](c2ccc(C(F)(F)F)cc2)C1. The summed E-state index contributed by atoms with van der Waals surface area (Å²) in [7, 11) is 0. The number of ether oxygens (including phenoxy) is 1. The highest BCUT2D eigenvalue weighted by Crippen LogP contribution is 2.34. The topological polar surface area (TPSA) is 55.4 Å². The molecular formula is C21H20F3NO3. The minimum absolute atomic E-state index is 0.0283. The van der Waals surface area contributed by atoms with Crippen molar-refractivity contribution in [3.63, 3.8) is 0 Å². The van der Waals surface area contributed by atoms with Crippen LogP contribution >= 0.6 is 0 Å². The summed E-state index contributed by atoms with van der Waals surface area (Å²) >= 11 is 0. The number of alkyl halides is 3. The molecular weight excluding hydrogens is 371 g/mol. The van der Waals surface area contributed by atoms with Gasteiger partial charge in [-0.05, 0) is 29.7 Å². The first kappa shape index (κ1) is 19.9. The molecule has 1 saturated carbocycles. The van der Waals surface area contributed by atoms with Crippen molar-refractivity contribution in [1.82, 2.24) is 5.32 Å². The maximum atomic E-state index is 12.8. The fourth-order valence-corrected chi connectivity index (χ4v) is 3.37. The first-order valence-corrected chi connectivity index (χ1v) is 8.99. The molecule has 0 aromatic heterocycles. The molecule has 1 amide bonds. The predicted octanol–water partition coefficient (Wildman–Crippen LogP) is 4.84. The van der Waals surface area contributed by atoms with E-state index in [1.54, 1.807) is 0 Å². The molecule has 28 heavy (non-hydrogen) atoms. The number of ketones is 1. The van der Waals surface area contributed by atoms with Crippen LogP contribution in [-0.2, 0) is 22.3 Å². The summed E-state index contributed by atoms with van der Waals surface area (Å²) in [6.07, 6.45) is -4.11. The summed E-state index contributed by atoms with van der Waals surface area (Å²) in [6, 6.07) is 13.6. The van der Waals surface area contributed by atoms with Crippen LogP contribution in [0.4, 0.5) is 18.0 Å². The molecule has 0 radical (unpaired) electrons. The molecule has 0 heterocycles. The third-order valence-corrected chi connectivity index (χ3v) is 4.85. The van der Waals surface area contributed by atoms with Gasteiger partial charge in [-0.25, -0.2) is 4.79 Å². The lowest BCUT2D eigenvalue weighted by atomic mass is 9.79. The van der Waals surface area contributed by atoms with Crippen LogP contribution in [-0.4, -0.2) is 17.9 Å². The number of rotatable bonds is 4. The van der Waals surface area contributed by atoms with Crippen LogP contribution < -0.4 is 5.32 Å². The number of carbonyl (C=O) groups excluding carboxylic acids is 2. The van der Waals surface area contributed by atoms with Crippen molar-refractivity contribution in [2.75, 3.05) is 0 Å². The number of Topliss-reactive ketones (excluding diaryl/α,β-unsaturated/α-hetero) is 1. The highest BCUT2D eigenvalue weighted by Gasteiger charge is 2.34. The molecule has 1 aliphatic rings. The largest absolute Gasteiger partial charge is 0.445 e. The summed E-state index contributed by atoms with van der Waals surface area (Å²) in [5.41, 5.74) is 0.690. The smallest absolute Gasteiger partial charge is 0.416 e. The van der Waals surface area contributed by atoms with Gasteiger partial charge in [-0.1, -0.05) is 42.5 Å². The number of amides is 1. The Hall–Kier alpha value is -2.83. The number of carbonyl (C=O) groups is 2. The molecule has 2 aromatic rings. The first-order valence-electron chi connectivity index (χ1n) is 8.99. The standard InChI is InChI=1S/C21H20F3NO3/c22-21(23,24)16-8-6-15(7-9-16)18-12-17(26)10-11-19(18)25-20(27)28-13-14-4-2-1-3-5-14/h1-9,18-19H,10-13H2,(H,25,27)/t18-,19+/m0/s1. The second-order valence-corrected chi connectivity index (χ2v) is 6.82. The fourth-order valence-electron chi connectivity index (χ4n) is 3.37. The Labute approximate surface area is 160 Å². The average molecular weight is 391 g/mol. The van der Waals surface area contributed by atoms with Gasteiger partial charge < -0.3 is 10.1 Å². The number of alkyl carbamates (subject to hydrolysis) is 1. The van der Waals surface area contributed by atoms with Crippen molar-refractivity contribution in [3.05, 3.63) is 71.3 Å². The molecule has 2 aromatic carbocycles. The summed E-state index contributed by atoms with van der Waals surface area (Å²) in [5.74, 6) is -0.353. The van der Waals surface area contributed by atoms with E-state index in [1.807, 2.05) is 30.3 Å². The van der Waals surface area contributed by atoms with Crippen molar-refractivity contribution in [1.29, 1.82) is 0 Å². The summed E-state index contributed by atoms with van der Waals surface area (Å²) in [6.45, 7) is 0.114. The molecule has 4 nitrogen and oxygen atoms in total. The van der Waals surface area contributed by atoms with Gasteiger partial charge in [0.1, 0.15) is 12.4 Å². The molecule has 3 rings (SSSR count). The quantitative estimate of drug-likeness (QED) is 0.812. The minimum Gasteiger partial charge on any atom is -0.445 e. The van der Waals surface area contributed by atoms with Gasteiger partial charge in [0.15, 0.2) is 0 Å². The molecule has 1 fully saturated rings. The average Bonchev–Trinajstić information content (AvgIpc) is 2.68. The summed E-state index contributed by atoms with van der Waals surface area (Å²) in [5, 5.41) is 2.77. The van der Waals surface area contributed by atoms with Crippen LogP contribution in [0.2, 0.25) is 0 Å². The summed E-state index contributed by atoms with van der Waals surface area (Å²) < 4.78 is 43.5. The fraction of sp³-hybridized carbons (Fsp3) is 0.333. The number of hydrogen-bond acceptors (Lipinski definition) is 3. The second kappa shape index (κ2) is 8.46. The van der Waals surface area contributed by atoms with Crippen molar-refractivity contribution >= 4 is 11.9 Å². The third-order valence-electron chi connectivity index (χ3n) is 4.85. The molecule has 1 N–H and O–H groups in total. The van der Waals surface area contributed by atoms with Crippen molar-refractivity contribution in [3.8, 4) is 0 Å². The van der Waals surface area contributed by atoms with E-state index in [0.717, 1.165) is 17.7 Å². The van der Waals surface area contributed by atoms with Crippen LogP contribution in [0.5, 0.6) is 0 Å². The third kappa shape index (κ3) is 5.12. The predicted molar refractivity (Wildman–Crippen MR) is 96.6 cm³/mol. The minimum atomic E-state index is -4.42. The summed E-state index contributed by atoms with van der Waals surface area (Å²) in [4.78, 5) is 24.1. The van der Waals surface area contributed by atoms with Gasteiger partial charge in [0, 0.05) is 24.8 Å². The molecule has 0 unspecified atom stereocenters.